The second-order valence-electron chi connectivity index (χ2n) is 6.25. The van der Waals surface area contributed by atoms with Crippen LogP contribution in [-0.2, 0) is 5.60 Å². The highest BCUT2D eigenvalue weighted by Crippen LogP contribution is 2.43. The Morgan fingerprint density at radius 2 is 1.73 bits per heavy atom. The number of rotatable bonds is 6. The van der Waals surface area contributed by atoms with Crippen LogP contribution in [0, 0.1) is 0 Å². The van der Waals surface area contributed by atoms with E-state index >= 15 is 0 Å². The molecule has 1 aromatic carbocycles. The molecule has 0 aliphatic heterocycles. The lowest BCUT2D eigenvalue weighted by atomic mass is 9.79. The largest absolute Gasteiger partial charge is 0.378 e. The quantitative estimate of drug-likeness (QED) is 0.722. The maximum atomic E-state index is 12.1. The van der Waals surface area contributed by atoms with Crippen molar-refractivity contribution in [2.75, 3.05) is 14.1 Å². The molecule has 0 aliphatic carbocycles. The molecular weight excluding hydrogens is 348 g/mol. The molecule has 2 aromatic heterocycles. The summed E-state index contributed by atoms with van der Waals surface area (Å²) in [5.74, 6) is 0.680. The van der Waals surface area contributed by atoms with Crippen molar-refractivity contribution < 1.29 is 5.11 Å². The van der Waals surface area contributed by atoms with Gasteiger partial charge in [-0.25, -0.2) is 4.98 Å². The number of nitrogens with zero attached hydrogens (tertiary/aromatic N) is 4. The fraction of sp³-hybridized carbons (Fsp3) is 0.200. The fourth-order valence-corrected chi connectivity index (χ4v) is 3.40. The Labute approximate surface area is 158 Å². The van der Waals surface area contributed by atoms with Crippen molar-refractivity contribution in [3.63, 3.8) is 0 Å². The normalized spacial score (nSPS) is 14.8. The number of hydrogen-bond donors (Lipinski definition) is 1. The van der Waals surface area contributed by atoms with E-state index in [1.54, 1.807) is 36.9 Å². The van der Waals surface area contributed by atoms with Crippen molar-refractivity contribution in [1.29, 1.82) is 0 Å². The van der Waals surface area contributed by atoms with Crippen molar-refractivity contribution in [2.24, 2.45) is 0 Å². The Kier molecular flexibility index (Phi) is 5.23. The Morgan fingerprint density at radius 3 is 2.31 bits per heavy atom. The predicted molar refractivity (Wildman–Crippen MR) is 104 cm³/mol. The van der Waals surface area contributed by atoms with Gasteiger partial charge in [0.05, 0.1) is 0 Å². The van der Waals surface area contributed by atoms with Crippen molar-refractivity contribution in [2.45, 2.75) is 11.6 Å². The minimum atomic E-state index is -1.37. The Bertz CT molecular complexity index is 876. The summed E-state index contributed by atoms with van der Waals surface area (Å²) in [5.41, 5.74) is 0.0564. The molecule has 0 fully saturated rings. The lowest BCUT2D eigenvalue weighted by Gasteiger charge is -2.40. The Hall–Kier alpha value is -2.47. The molecular formula is C20H21ClN4O. The summed E-state index contributed by atoms with van der Waals surface area (Å²) in [7, 11) is 3.82. The molecule has 26 heavy (non-hydrogen) atoms. The fourth-order valence-electron chi connectivity index (χ4n) is 3.27. The molecule has 3 aromatic rings. The van der Waals surface area contributed by atoms with E-state index in [0.717, 1.165) is 0 Å². The van der Waals surface area contributed by atoms with Crippen LogP contribution in [0.15, 0.2) is 67.8 Å². The zero-order chi connectivity index (χ0) is 18.7. The third-order valence-corrected chi connectivity index (χ3v) is 4.71. The van der Waals surface area contributed by atoms with Gasteiger partial charge in [0.2, 0.25) is 0 Å². The minimum Gasteiger partial charge on any atom is -0.378 e. The van der Waals surface area contributed by atoms with Crippen molar-refractivity contribution in [1.82, 2.24) is 19.4 Å². The molecule has 0 saturated heterocycles. The van der Waals surface area contributed by atoms with E-state index in [4.69, 9.17) is 11.6 Å². The van der Waals surface area contributed by atoms with E-state index in [1.807, 2.05) is 54.0 Å². The third kappa shape index (κ3) is 3.17. The zero-order valence-corrected chi connectivity index (χ0v) is 15.5. The number of likely N-dealkylation sites (N-methyl/N-ethyl adjacent to an activating group) is 1. The van der Waals surface area contributed by atoms with E-state index in [0.29, 0.717) is 22.0 Å². The Morgan fingerprint density at radius 1 is 1.12 bits per heavy atom. The van der Waals surface area contributed by atoms with Crippen LogP contribution < -0.4 is 0 Å². The van der Waals surface area contributed by atoms with Crippen LogP contribution in [0.4, 0.5) is 0 Å². The molecule has 0 bridgehead atoms. The minimum absolute atomic E-state index is 0.473. The van der Waals surface area contributed by atoms with Gasteiger partial charge in [-0.15, -0.1) is 0 Å². The molecule has 2 heterocycles. The number of hydrogen-bond acceptors (Lipinski definition) is 4. The van der Waals surface area contributed by atoms with Gasteiger partial charge in [-0.2, -0.15) is 0 Å². The number of halogens is 1. The van der Waals surface area contributed by atoms with Gasteiger partial charge in [0.25, 0.3) is 0 Å². The van der Waals surface area contributed by atoms with Gasteiger partial charge in [-0.05, 0) is 49.5 Å². The predicted octanol–water partition coefficient (Wildman–Crippen LogP) is 3.57. The Balaban J connectivity index is 2.28. The molecule has 134 valence electrons. The molecule has 0 aliphatic rings. The van der Waals surface area contributed by atoms with Crippen LogP contribution in [0.2, 0.25) is 5.02 Å². The van der Waals surface area contributed by atoms with Gasteiger partial charge in [0.1, 0.15) is 17.5 Å². The van der Waals surface area contributed by atoms with Crippen LogP contribution in [0.3, 0.4) is 0 Å². The third-order valence-electron chi connectivity index (χ3n) is 4.46. The molecule has 6 heteroatoms. The highest BCUT2D eigenvalue weighted by atomic mass is 35.5. The first kappa shape index (κ1) is 18.3. The molecule has 2 atom stereocenters. The molecule has 2 unspecified atom stereocenters. The van der Waals surface area contributed by atoms with E-state index in [2.05, 4.69) is 16.5 Å². The smallest absolute Gasteiger partial charge is 0.137 e. The number of imidazole rings is 1. The number of pyridine rings is 1. The van der Waals surface area contributed by atoms with Crippen LogP contribution in [0.5, 0.6) is 0 Å². The molecule has 0 amide bonds. The van der Waals surface area contributed by atoms with Crippen LogP contribution in [0.25, 0.3) is 6.20 Å². The van der Waals surface area contributed by atoms with E-state index < -0.39 is 11.6 Å². The number of aliphatic hydroxyl groups is 1. The standard InChI is InChI=1S/C20H21ClN4O/c1-4-25-14-13-23-19(25)18(24(2)3)20(26,16-9-11-22-12-10-16)15-5-7-17(21)8-6-15/h4-14,18,26H,1H2,2-3H3. The molecule has 3 rings (SSSR count). The van der Waals surface area contributed by atoms with Crippen LogP contribution >= 0.6 is 11.6 Å². The monoisotopic (exact) mass is 368 g/mol. The van der Waals surface area contributed by atoms with Crippen molar-refractivity contribution >= 4 is 17.8 Å². The average Bonchev–Trinajstić information content (AvgIpc) is 3.10. The highest BCUT2D eigenvalue weighted by Gasteiger charge is 2.44. The summed E-state index contributed by atoms with van der Waals surface area (Å²) in [6, 6.07) is 10.4. The second kappa shape index (κ2) is 7.41. The molecule has 0 saturated carbocycles. The summed E-state index contributed by atoms with van der Waals surface area (Å²) in [6.07, 6.45) is 8.52. The lowest BCUT2D eigenvalue weighted by molar-refractivity contribution is -0.00907. The van der Waals surface area contributed by atoms with Crippen LogP contribution in [-0.4, -0.2) is 38.6 Å². The molecule has 0 spiro atoms. The summed E-state index contributed by atoms with van der Waals surface area (Å²) in [6.45, 7) is 3.84. The van der Waals surface area contributed by atoms with E-state index in [-0.39, 0.29) is 0 Å². The lowest BCUT2D eigenvalue weighted by Crippen LogP contribution is -2.43. The molecule has 0 radical (unpaired) electrons. The summed E-state index contributed by atoms with van der Waals surface area (Å²) < 4.78 is 1.81. The zero-order valence-electron chi connectivity index (χ0n) is 14.7. The average molecular weight is 369 g/mol. The van der Waals surface area contributed by atoms with Crippen molar-refractivity contribution in [3.05, 3.63) is 89.7 Å². The first-order chi connectivity index (χ1) is 12.5. The topological polar surface area (TPSA) is 54.2 Å². The van der Waals surface area contributed by atoms with Crippen molar-refractivity contribution in [3.8, 4) is 0 Å². The van der Waals surface area contributed by atoms with E-state index in [1.165, 1.54) is 0 Å². The van der Waals surface area contributed by atoms with Gasteiger partial charge < -0.3 is 9.67 Å². The van der Waals surface area contributed by atoms with Gasteiger partial charge in [0, 0.05) is 36.0 Å². The van der Waals surface area contributed by atoms with Gasteiger partial charge >= 0.3 is 0 Å². The first-order valence-corrected chi connectivity index (χ1v) is 8.57. The highest BCUT2D eigenvalue weighted by molar-refractivity contribution is 6.30. The summed E-state index contributed by atoms with van der Waals surface area (Å²) in [5, 5.41) is 12.7. The van der Waals surface area contributed by atoms with Gasteiger partial charge in [-0.3, -0.25) is 9.88 Å². The maximum absolute atomic E-state index is 12.1. The van der Waals surface area contributed by atoms with E-state index in [9.17, 15) is 5.11 Å². The SMILES string of the molecule is C=Cn1ccnc1C(N(C)C)C(O)(c1ccncc1)c1ccc(Cl)cc1. The number of aromatic nitrogens is 3. The van der Waals surface area contributed by atoms with Crippen LogP contribution in [0.1, 0.15) is 23.0 Å². The first-order valence-electron chi connectivity index (χ1n) is 8.19. The summed E-state index contributed by atoms with van der Waals surface area (Å²) >= 11 is 6.07. The van der Waals surface area contributed by atoms with Gasteiger partial charge in [0.15, 0.2) is 0 Å². The number of benzene rings is 1. The molecule has 1 N–H and O–H groups in total. The molecule has 5 nitrogen and oxygen atoms in total. The second-order valence-corrected chi connectivity index (χ2v) is 6.69. The van der Waals surface area contributed by atoms with Gasteiger partial charge in [-0.1, -0.05) is 30.3 Å². The maximum Gasteiger partial charge on any atom is 0.137 e. The summed E-state index contributed by atoms with van der Waals surface area (Å²) in [4.78, 5) is 10.5.